The molecule has 2 N–H and O–H groups in total. The normalized spacial score (nSPS) is 39.2. The number of nitrogens with two attached hydrogens (primary N) is 1. The number of hydrogen-bond donors (Lipinski definition) is 1. The molecule has 0 spiro atoms. The molecule has 2 saturated heterocycles. The highest BCUT2D eigenvalue weighted by atomic mass is 16.5. The smallest absolute Gasteiger partial charge is 0.0568 e. The summed E-state index contributed by atoms with van der Waals surface area (Å²) < 4.78 is 11.3. The Kier molecular flexibility index (Phi) is 4.64. The van der Waals surface area contributed by atoms with Crippen molar-refractivity contribution in [2.24, 2.45) is 5.73 Å². The Hall–Kier alpha value is -0.160. The van der Waals surface area contributed by atoms with Gasteiger partial charge in [-0.2, -0.15) is 0 Å². The molecule has 2 fully saturated rings. The third kappa shape index (κ3) is 2.87. The minimum Gasteiger partial charge on any atom is -0.381 e. The van der Waals surface area contributed by atoms with Crippen molar-refractivity contribution in [1.29, 1.82) is 0 Å². The first-order valence-electron chi connectivity index (χ1n) is 7.23. The summed E-state index contributed by atoms with van der Waals surface area (Å²) in [6, 6.07) is 0.611. The third-order valence-electron chi connectivity index (χ3n) is 4.67. The molecular weight excluding hydrogens is 228 g/mol. The highest BCUT2D eigenvalue weighted by Crippen LogP contribution is 2.35. The van der Waals surface area contributed by atoms with Crippen molar-refractivity contribution in [3.8, 4) is 0 Å². The third-order valence-corrected chi connectivity index (χ3v) is 4.67. The van der Waals surface area contributed by atoms with Gasteiger partial charge in [0.15, 0.2) is 0 Å². The summed E-state index contributed by atoms with van der Waals surface area (Å²) in [4.78, 5) is 2.53. The summed E-state index contributed by atoms with van der Waals surface area (Å²) in [5, 5.41) is 0. The van der Waals surface area contributed by atoms with Crippen molar-refractivity contribution in [1.82, 2.24) is 4.90 Å². The summed E-state index contributed by atoms with van der Waals surface area (Å²) in [5.74, 6) is 0. The average molecular weight is 256 g/mol. The van der Waals surface area contributed by atoms with E-state index in [-0.39, 0.29) is 5.54 Å². The van der Waals surface area contributed by atoms with Crippen LogP contribution in [0.25, 0.3) is 0 Å². The SMILES string of the molecule is CC1CC(CN)(N(C)C2CCOCC2)CC(C)O1. The highest BCUT2D eigenvalue weighted by Gasteiger charge is 2.43. The number of nitrogens with zero attached hydrogens (tertiary/aromatic N) is 1. The first-order chi connectivity index (χ1) is 8.57. The molecule has 2 heterocycles. The quantitative estimate of drug-likeness (QED) is 0.829. The zero-order chi connectivity index (χ0) is 13.2. The van der Waals surface area contributed by atoms with Gasteiger partial charge < -0.3 is 15.2 Å². The van der Waals surface area contributed by atoms with E-state index in [1.54, 1.807) is 0 Å². The molecule has 0 saturated carbocycles. The second kappa shape index (κ2) is 5.87. The molecule has 0 radical (unpaired) electrons. The molecule has 4 nitrogen and oxygen atoms in total. The minimum atomic E-state index is 0.110. The predicted octanol–water partition coefficient (Wildman–Crippen LogP) is 1.38. The van der Waals surface area contributed by atoms with E-state index in [4.69, 9.17) is 15.2 Å². The van der Waals surface area contributed by atoms with Gasteiger partial charge in [0.2, 0.25) is 0 Å². The second-order valence-corrected chi connectivity index (χ2v) is 6.05. The van der Waals surface area contributed by atoms with E-state index in [1.807, 2.05) is 0 Å². The van der Waals surface area contributed by atoms with Gasteiger partial charge in [-0.05, 0) is 46.6 Å². The molecule has 0 aromatic carbocycles. The van der Waals surface area contributed by atoms with E-state index in [0.717, 1.165) is 45.4 Å². The largest absolute Gasteiger partial charge is 0.381 e. The van der Waals surface area contributed by atoms with Gasteiger partial charge in [0.05, 0.1) is 12.2 Å². The van der Waals surface area contributed by atoms with Crippen molar-refractivity contribution in [2.45, 2.75) is 63.3 Å². The monoisotopic (exact) mass is 256 g/mol. The molecule has 0 aromatic rings. The fraction of sp³-hybridized carbons (Fsp3) is 1.00. The molecule has 2 atom stereocenters. The van der Waals surface area contributed by atoms with E-state index in [9.17, 15) is 0 Å². The fourth-order valence-electron chi connectivity index (χ4n) is 3.70. The molecule has 18 heavy (non-hydrogen) atoms. The van der Waals surface area contributed by atoms with Crippen LogP contribution in [-0.2, 0) is 9.47 Å². The second-order valence-electron chi connectivity index (χ2n) is 6.05. The Balaban J connectivity index is 2.09. The van der Waals surface area contributed by atoms with Crippen molar-refractivity contribution in [3.63, 3.8) is 0 Å². The molecule has 106 valence electrons. The van der Waals surface area contributed by atoms with Crippen LogP contribution in [0.5, 0.6) is 0 Å². The summed E-state index contributed by atoms with van der Waals surface area (Å²) in [6.07, 6.45) is 4.95. The molecule has 2 aliphatic heterocycles. The maximum absolute atomic E-state index is 6.14. The van der Waals surface area contributed by atoms with Crippen LogP contribution in [0.15, 0.2) is 0 Å². The first-order valence-corrected chi connectivity index (χ1v) is 7.23. The zero-order valence-electron chi connectivity index (χ0n) is 12.0. The summed E-state index contributed by atoms with van der Waals surface area (Å²) >= 11 is 0. The minimum absolute atomic E-state index is 0.110. The lowest BCUT2D eigenvalue weighted by Crippen LogP contribution is -2.61. The molecule has 2 rings (SSSR count). The van der Waals surface area contributed by atoms with Crippen LogP contribution in [0.2, 0.25) is 0 Å². The molecule has 0 amide bonds. The first kappa shape index (κ1) is 14.3. The number of rotatable bonds is 3. The highest BCUT2D eigenvalue weighted by molar-refractivity contribution is 4.99. The van der Waals surface area contributed by atoms with Gasteiger partial charge in [-0.15, -0.1) is 0 Å². The van der Waals surface area contributed by atoms with E-state index in [0.29, 0.717) is 18.2 Å². The zero-order valence-corrected chi connectivity index (χ0v) is 12.0. The van der Waals surface area contributed by atoms with Gasteiger partial charge in [-0.1, -0.05) is 0 Å². The van der Waals surface area contributed by atoms with Gasteiger partial charge in [0.1, 0.15) is 0 Å². The van der Waals surface area contributed by atoms with Crippen LogP contribution in [0.3, 0.4) is 0 Å². The van der Waals surface area contributed by atoms with Gasteiger partial charge in [0.25, 0.3) is 0 Å². The summed E-state index contributed by atoms with van der Waals surface area (Å²) in [6.45, 7) is 6.82. The van der Waals surface area contributed by atoms with E-state index in [1.165, 1.54) is 0 Å². The molecule has 0 aliphatic carbocycles. The van der Waals surface area contributed by atoms with Crippen LogP contribution in [0.1, 0.15) is 39.5 Å². The van der Waals surface area contributed by atoms with Crippen LogP contribution >= 0.6 is 0 Å². The molecular formula is C14H28N2O2. The standard InChI is InChI=1S/C14H28N2O2/c1-11-8-14(10-15,9-12(2)18-11)16(3)13-4-6-17-7-5-13/h11-13H,4-10,15H2,1-3H3. The fourth-order valence-corrected chi connectivity index (χ4v) is 3.70. The van der Waals surface area contributed by atoms with Crippen LogP contribution in [0, 0.1) is 0 Å². The van der Waals surface area contributed by atoms with E-state index < -0.39 is 0 Å². The number of hydrogen-bond acceptors (Lipinski definition) is 4. The van der Waals surface area contributed by atoms with Crippen molar-refractivity contribution >= 4 is 0 Å². The van der Waals surface area contributed by atoms with Crippen molar-refractivity contribution in [3.05, 3.63) is 0 Å². The van der Waals surface area contributed by atoms with Crippen LogP contribution in [0.4, 0.5) is 0 Å². The molecule has 0 bridgehead atoms. The summed E-state index contributed by atoms with van der Waals surface area (Å²) in [7, 11) is 2.24. The number of likely N-dealkylation sites (N-methyl/N-ethyl adjacent to an activating group) is 1. The van der Waals surface area contributed by atoms with Crippen LogP contribution < -0.4 is 5.73 Å². The Bertz CT molecular complexity index is 257. The molecule has 2 unspecified atom stereocenters. The average Bonchev–Trinajstić information content (AvgIpc) is 2.37. The van der Waals surface area contributed by atoms with Crippen molar-refractivity contribution in [2.75, 3.05) is 26.8 Å². The van der Waals surface area contributed by atoms with E-state index in [2.05, 4.69) is 25.8 Å². The lowest BCUT2D eigenvalue weighted by Gasteiger charge is -2.51. The van der Waals surface area contributed by atoms with Crippen molar-refractivity contribution < 1.29 is 9.47 Å². The topological polar surface area (TPSA) is 47.7 Å². The lowest BCUT2D eigenvalue weighted by molar-refractivity contribution is -0.114. The molecule has 4 heteroatoms. The Morgan fingerprint density at radius 2 is 1.72 bits per heavy atom. The predicted molar refractivity (Wildman–Crippen MR) is 72.6 cm³/mol. The number of ether oxygens (including phenoxy) is 2. The lowest BCUT2D eigenvalue weighted by atomic mass is 9.81. The van der Waals surface area contributed by atoms with Gasteiger partial charge >= 0.3 is 0 Å². The molecule has 0 aromatic heterocycles. The Morgan fingerprint density at radius 3 is 2.22 bits per heavy atom. The summed E-state index contributed by atoms with van der Waals surface area (Å²) in [5.41, 5.74) is 6.25. The maximum Gasteiger partial charge on any atom is 0.0568 e. The Morgan fingerprint density at radius 1 is 1.17 bits per heavy atom. The van der Waals surface area contributed by atoms with Gasteiger partial charge in [0, 0.05) is 31.3 Å². The van der Waals surface area contributed by atoms with E-state index >= 15 is 0 Å². The van der Waals surface area contributed by atoms with Gasteiger partial charge in [-0.3, -0.25) is 4.90 Å². The Labute approximate surface area is 111 Å². The van der Waals surface area contributed by atoms with Crippen LogP contribution in [-0.4, -0.2) is 55.5 Å². The van der Waals surface area contributed by atoms with Gasteiger partial charge in [-0.25, -0.2) is 0 Å². The maximum atomic E-state index is 6.14. The molecule has 2 aliphatic rings.